The van der Waals surface area contributed by atoms with E-state index >= 15 is 0 Å². The van der Waals surface area contributed by atoms with Gasteiger partial charge in [-0.25, -0.2) is 8.42 Å². The Morgan fingerprint density at radius 3 is 2.52 bits per heavy atom. The van der Waals surface area contributed by atoms with Crippen molar-refractivity contribution < 1.29 is 8.42 Å². The molecule has 3 rings (SSSR count). The Balaban J connectivity index is 1.93. The Hall–Kier alpha value is -1.13. The predicted octanol–water partition coefficient (Wildman–Crippen LogP) is 3.65. The first-order valence-corrected chi connectivity index (χ1v) is 9.30. The van der Waals surface area contributed by atoms with Crippen molar-refractivity contribution >= 4 is 10.0 Å². The van der Waals surface area contributed by atoms with Gasteiger partial charge in [0.15, 0.2) is 0 Å². The molecular formula is C17H23NO2S. The Kier molecular flexibility index (Phi) is 4.18. The summed E-state index contributed by atoms with van der Waals surface area (Å²) in [5, 5.41) is 0. The van der Waals surface area contributed by atoms with Crippen molar-refractivity contribution in [2.45, 2.75) is 56.4 Å². The third kappa shape index (κ3) is 2.92. The minimum absolute atomic E-state index is 0.0903. The van der Waals surface area contributed by atoms with E-state index in [9.17, 15) is 8.42 Å². The summed E-state index contributed by atoms with van der Waals surface area (Å²) in [7, 11) is -3.37. The molecule has 21 heavy (non-hydrogen) atoms. The first-order valence-electron chi connectivity index (χ1n) is 7.86. The summed E-state index contributed by atoms with van der Waals surface area (Å²) in [6, 6.07) is 7.31. The molecule has 2 aliphatic rings. The van der Waals surface area contributed by atoms with Gasteiger partial charge in [-0.15, -0.1) is 0 Å². The average molecular weight is 305 g/mol. The summed E-state index contributed by atoms with van der Waals surface area (Å²) in [5.74, 6) is 0. The van der Waals surface area contributed by atoms with E-state index in [0.717, 1.165) is 37.7 Å². The fraction of sp³-hybridized carbons (Fsp3) is 0.529. The van der Waals surface area contributed by atoms with E-state index in [2.05, 4.69) is 6.08 Å². The van der Waals surface area contributed by atoms with Crippen molar-refractivity contribution in [1.29, 1.82) is 0 Å². The van der Waals surface area contributed by atoms with Crippen molar-refractivity contribution in [3.05, 3.63) is 41.5 Å². The van der Waals surface area contributed by atoms with Gasteiger partial charge in [0.25, 0.3) is 0 Å². The van der Waals surface area contributed by atoms with Crippen LogP contribution in [-0.4, -0.2) is 25.3 Å². The number of sulfonamides is 1. The first-order chi connectivity index (χ1) is 10.1. The highest BCUT2D eigenvalue weighted by atomic mass is 32.2. The van der Waals surface area contributed by atoms with E-state index in [-0.39, 0.29) is 6.04 Å². The summed E-state index contributed by atoms with van der Waals surface area (Å²) >= 11 is 0. The normalized spacial score (nSPS) is 24.0. The number of benzene rings is 1. The summed E-state index contributed by atoms with van der Waals surface area (Å²) < 4.78 is 27.7. The molecule has 114 valence electrons. The first kappa shape index (κ1) is 14.8. The lowest BCUT2D eigenvalue weighted by Gasteiger charge is -2.35. The smallest absolute Gasteiger partial charge is 0.207 e. The lowest BCUT2D eigenvalue weighted by Crippen LogP contribution is -2.44. The third-order valence-electron chi connectivity index (χ3n) is 4.59. The summed E-state index contributed by atoms with van der Waals surface area (Å²) in [6.07, 6.45) is 8.65. The zero-order chi connectivity index (χ0) is 14.9. The number of aryl methyl sites for hydroxylation is 1. The molecule has 1 aliphatic carbocycles. The van der Waals surface area contributed by atoms with Crippen LogP contribution in [0.3, 0.4) is 0 Å². The molecule has 0 amide bonds. The van der Waals surface area contributed by atoms with E-state index in [1.165, 1.54) is 12.0 Å². The van der Waals surface area contributed by atoms with Gasteiger partial charge < -0.3 is 0 Å². The lowest BCUT2D eigenvalue weighted by molar-refractivity contribution is 0.278. The Labute approximate surface area is 127 Å². The number of hydrogen-bond acceptors (Lipinski definition) is 2. The second kappa shape index (κ2) is 5.93. The highest BCUT2D eigenvalue weighted by Crippen LogP contribution is 2.33. The number of piperidine rings is 1. The maximum absolute atomic E-state index is 13.0. The van der Waals surface area contributed by atoms with Crippen LogP contribution in [0.2, 0.25) is 0 Å². The Morgan fingerprint density at radius 1 is 1.10 bits per heavy atom. The van der Waals surface area contributed by atoms with Gasteiger partial charge in [-0.2, -0.15) is 4.31 Å². The zero-order valence-electron chi connectivity index (χ0n) is 12.6. The molecule has 0 aromatic heterocycles. The molecular weight excluding hydrogens is 282 g/mol. The minimum Gasteiger partial charge on any atom is -0.207 e. The molecule has 1 aromatic rings. The van der Waals surface area contributed by atoms with E-state index in [4.69, 9.17) is 0 Å². The van der Waals surface area contributed by atoms with Crippen LogP contribution >= 0.6 is 0 Å². The van der Waals surface area contributed by atoms with Crippen molar-refractivity contribution in [3.8, 4) is 0 Å². The monoisotopic (exact) mass is 305 g/mol. The van der Waals surface area contributed by atoms with Crippen molar-refractivity contribution in [2.24, 2.45) is 0 Å². The van der Waals surface area contributed by atoms with Gasteiger partial charge in [-0.05, 0) is 51.2 Å². The van der Waals surface area contributed by atoms with Crippen LogP contribution in [0.15, 0.2) is 40.8 Å². The topological polar surface area (TPSA) is 37.4 Å². The van der Waals surface area contributed by atoms with Crippen molar-refractivity contribution in [3.63, 3.8) is 0 Å². The maximum atomic E-state index is 13.0. The zero-order valence-corrected chi connectivity index (χ0v) is 13.4. The van der Waals surface area contributed by atoms with Crippen LogP contribution in [-0.2, 0) is 10.0 Å². The van der Waals surface area contributed by atoms with Gasteiger partial charge in [-0.1, -0.05) is 35.8 Å². The summed E-state index contributed by atoms with van der Waals surface area (Å²) in [5.41, 5.74) is 2.42. The van der Waals surface area contributed by atoms with Crippen molar-refractivity contribution in [2.75, 3.05) is 6.54 Å². The minimum atomic E-state index is -3.37. The molecule has 1 saturated heterocycles. The van der Waals surface area contributed by atoms with Gasteiger partial charge in [0.1, 0.15) is 0 Å². The van der Waals surface area contributed by atoms with Gasteiger partial charge in [-0.3, -0.25) is 0 Å². The van der Waals surface area contributed by atoms with Crippen LogP contribution in [0.5, 0.6) is 0 Å². The van der Waals surface area contributed by atoms with E-state index in [1.807, 2.05) is 19.1 Å². The second-order valence-corrected chi connectivity index (χ2v) is 8.00. The van der Waals surface area contributed by atoms with Gasteiger partial charge in [0.05, 0.1) is 4.90 Å². The van der Waals surface area contributed by atoms with Crippen LogP contribution in [0, 0.1) is 6.92 Å². The van der Waals surface area contributed by atoms with E-state index < -0.39 is 10.0 Å². The summed E-state index contributed by atoms with van der Waals surface area (Å²) in [4.78, 5) is 0.429. The standard InChI is InChI=1S/C17H23NO2S/c1-14-9-11-16(12-10-14)21(19,20)18-13-5-4-8-17(18)15-6-2-3-7-15/h6,9-12,17H,2-5,7-8,13H2,1H3. The number of hydrogen-bond donors (Lipinski definition) is 0. The van der Waals surface area contributed by atoms with E-state index in [1.54, 1.807) is 16.4 Å². The largest absolute Gasteiger partial charge is 0.243 e. The quantitative estimate of drug-likeness (QED) is 0.799. The predicted molar refractivity (Wildman–Crippen MR) is 84.6 cm³/mol. The highest BCUT2D eigenvalue weighted by molar-refractivity contribution is 7.89. The van der Waals surface area contributed by atoms with Crippen LogP contribution in [0.25, 0.3) is 0 Å². The molecule has 1 unspecified atom stereocenters. The number of nitrogens with zero attached hydrogens (tertiary/aromatic N) is 1. The average Bonchev–Trinajstić information content (AvgIpc) is 3.02. The lowest BCUT2D eigenvalue weighted by atomic mass is 9.97. The molecule has 4 heteroatoms. The molecule has 0 radical (unpaired) electrons. The maximum Gasteiger partial charge on any atom is 0.243 e. The molecule has 0 N–H and O–H groups in total. The molecule has 3 nitrogen and oxygen atoms in total. The SMILES string of the molecule is Cc1ccc(S(=O)(=O)N2CCCCC2C2=CCCC2)cc1. The Morgan fingerprint density at radius 2 is 1.86 bits per heavy atom. The molecule has 1 heterocycles. The third-order valence-corrected chi connectivity index (χ3v) is 6.51. The van der Waals surface area contributed by atoms with Gasteiger partial charge in [0.2, 0.25) is 10.0 Å². The highest BCUT2D eigenvalue weighted by Gasteiger charge is 2.35. The summed E-state index contributed by atoms with van der Waals surface area (Å²) in [6.45, 7) is 2.63. The molecule has 1 aromatic carbocycles. The fourth-order valence-corrected chi connectivity index (χ4v) is 5.10. The second-order valence-electron chi connectivity index (χ2n) is 6.11. The molecule has 0 saturated carbocycles. The van der Waals surface area contributed by atoms with Crippen LogP contribution < -0.4 is 0 Å². The van der Waals surface area contributed by atoms with Crippen LogP contribution in [0.1, 0.15) is 44.1 Å². The molecule has 0 bridgehead atoms. The van der Waals surface area contributed by atoms with E-state index in [0.29, 0.717) is 11.4 Å². The Bertz CT molecular complexity index is 631. The molecule has 0 spiro atoms. The van der Waals surface area contributed by atoms with Crippen molar-refractivity contribution in [1.82, 2.24) is 4.31 Å². The van der Waals surface area contributed by atoms with Gasteiger partial charge >= 0.3 is 0 Å². The molecule has 1 aliphatic heterocycles. The fourth-order valence-electron chi connectivity index (χ4n) is 3.41. The molecule has 1 atom stereocenters. The van der Waals surface area contributed by atoms with Gasteiger partial charge in [0, 0.05) is 12.6 Å². The number of rotatable bonds is 3. The number of allylic oxidation sites excluding steroid dienone is 1. The molecule has 1 fully saturated rings. The van der Waals surface area contributed by atoms with Crippen LogP contribution in [0.4, 0.5) is 0 Å².